The van der Waals surface area contributed by atoms with E-state index in [1.54, 1.807) is 0 Å². The molecule has 182 valence electrons. The van der Waals surface area contributed by atoms with Crippen molar-refractivity contribution in [1.82, 2.24) is 14.9 Å². The van der Waals surface area contributed by atoms with Crippen LogP contribution in [0.4, 0.5) is 5.82 Å². The van der Waals surface area contributed by atoms with Crippen LogP contribution in [0, 0.1) is 19.3 Å². The molecule has 0 bridgehead atoms. The Morgan fingerprint density at radius 2 is 1.86 bits per heavy atom. The van der Waals surface area contributed by atoms with Crippen molar-refractivity contribution in [2.24, 2.45) is 0 Å². The van der Waals surface area contributed by atoms with Crippen LogP contribution in [0.3, 0.4) is 0 Å². The highest BCUT2D eigenvalue weighted by Gasteiger charge is 2.24. The highest BCUT2D eigenvalue weighted by atomic mass is 35.5. The first kappa shape index (κ1) is 25.2. The van der Waals surface area contributed by atoms with Crippen LogP contribution >= 0.6 is 11.6 Å². The quantitative estimate of drug-likeness (QED) is 0.363. The van der Waals surface area contributed by atoms with Gasteiger partial charge in [0, 0.05) is 61.0 Å². The number of rotatable bonds is 9. The summed E-state index contributed by atoms with van der Waals surface area (Å²) >= 11 is 6.26. The Morgan fingerprint density at radius 3 is 2.57 bits per heavy atom. The van der Waals surface area contributed by atoms with Gasteiger partial charge >= 0.3 is 0 Å². The Bertz CT molecular complexity index is 1160. The molecule has 0 aliphatic carbocycles. The van der Waals surface area contributed by atoms with Gasteiger partial charge in [-0.05, 0) is 24.6 Å². The summed E-state index contributed by atoms with van der Waals surface area (Å²) in [6.45, 7) is 6.36. The number of nitrogens with zero attached hydrogens (tertiary/aromatic N) is 4. The lowest BCUT2D eigenvalue weighted by molar-refractivity contribution is 0.0267. The van der Waals surface area contributed by atoms with Gasteiger partial charge in [-0.1, -0.05) is 60.0 Å². The fourth-order valence-corrected chi connectivity index (χ4v) is 4.58. The average Bonchev–Trinajstić information content (AvgIpc) is 2.86. The normalized spacial score (nSPS) is 15.1. The van der Waals surface area contributed by atoms with E-state index in [0.717, 1.165) is 65.2 Å². The van der Waals surface area contributed by atoms with Crippen molar-refractivity contribution >= 4 is 17.4 Å². The maximum atomic E-state index is 10.3. The maximum absolute atomic E-state index is 10.3. The van der Waals surface area contributed by atoms with E-state index in [1.165, 1.54) is 0 Å². The van der Waals surface area contributed by atoms with Gasteiger partial charge in [-0.3, -0.25) is 4.90 Å². The first-order chi connectivity index (χ1) is 17.0. The minimum Gasteiger partial charge on any atom is -0.389 e. The Hall–Kier alpha value is -2.95. The largest absolute Gasteiger partial charge is 0.389 e. The van der Waals surface area contributed by atoms with Gasteiger partial charge in [0.25, 0.3) is 0 Å². The zero-order valence-electron chi connectivity index (χ0n) is 20.0. The number of aliphatic hydroxyl groups excluding tert-OH is 1. The second-order valence-electron chi connectivity index (χ2n) is 8.77. The van der Waals surface area contributed by atoms with Gasteiger partial charge in [0.05, 0.1) is 12.7 Å². The summed E-state index contributed by atoms with van der Waals surface area (Å²) in [4.78, 5) is 14.5. The van der Waals surface area contributed by atoms with Crippen molar-refractivity contribution in [1.29, 1.82) is 0 Å². The van der Waals surface area contributed by atoms with Crippen LogP contribution in [-0.2, 0) is 11.2 Å². The highest BCUT2D eigenvalue weighted by Crippen LogP contribution is 2.29. The molecule has 1 N–H and O–H groups in total. The van der Waals surface area contributed by atoms with Crippen LogP contribution in [0.2, 0.25) is 5.02 Å². The van der Waals surface area contributed by atoms with Crippen LogP contribution in [0.1, 0.15) is 16.8 Å². The second kappa shape index (κ2) is 12.1. The number of aliphatic hydroxyl groups is 1. The van der Waals surface area contributed by atoms with Crippen molar-refractivity contribution in [2.45, 2.75) is 19.4 Å². The third kappa shape index (κ3) is 6.81. The van der Waals surface area contributed by atoms with Crippen LogP contribution in [-0.4, -0.2) is 72.0 Å². The Balaban J connectivity index is 1.55. The van der Waals surface area contributed by atoms with E-state index in [0.29, 0.717) is 13.0 Å². The lowest BCUT2D eigenvalue weighted by atomic mass is 10.0. The smallest absolute Gasteiger partial charge is 0.161 e. The van der Waals surface area contributed by atoms with Gasteiger partial charge < -0.3 is 14.7 Å². The monoisotopic (exact) mass is 490 g/mol. The summed E-state index contributed by atoms with van der Waals surface area (Å²) in [7, 11) is 0. The molecule has 35 heavy (non-hydrogen) atoms. The standard InChI is InChI=1S/C28H31ClN4O2/c1-3-16-35-20-25(34)19-32-12-14-33(15-13-32)28-26(18-22-8-7-11-24(29)17-22)21(2)30-27(31-28)23-9-5-4-6-10-23/h1,4-11,17,25,34H,12-16,18-20H2,2H3. The number of terminal acetylenes is 1. The van der Waals surface area contributed by atoms with Crippen LogP contribution in [0.15, 0.2) is 54.6 Å². The predicted molar refractivity (Wildman–Crippen MR) is 141 cm³/mol. The SMILES string of the molecule is C#CCOCC(O)CN1CCN(c2nc(-c3ccccc3)nc(C)c2Cc2cccc(Cl)c2)CC1. The molecule has 0 radical (unpaired) electrons. The summed E-state index contributed by atoms with van der Waals surface area (Å²) in [6, 6.07) is 18.0. The molecule has 1 aliphatic rings. The number of anilines is 1. The van der Waals surface area contributed by atoms with Gasteiger partial charge in [0.1, 0.15) is 12.4 Å². The van der Waals surface area contributed by atoms with Crippen molar-refractivity contribution in [3.05, 3.63) is 76.4 Å². The molecule has 1 fully saturated rings. The van der Waals surface area contributed by atoms with E-state index in [2.05, 4.69) is 28.7 Å². The lowest BCUT2D eigenvalue weighted by Crippen LogP contribution is -2.49. The predicted octanol–water partition coefficient (Wildman–Crippen LogP) is 3.83. The van der Waals surface area contributed by atoms with Crippen molar-refractivity contribution < 1.29 is 9.84 Å². The Kier molecular flexibility index (Phi) is 8.73. The van der Waals surface area contributed by atoms with Crippen molar-refractivity contribution in [3.63, 3.8) is 0 Å². The number of hydrogen-bond acceptors (Lipinski definition) is 6. The van der Waals surface area contributed by atoms with E-state index in [4.69, 9.17) is 32.7 Å². The van der Waals surface area contributed by atoms with E-state index in [-0.39, 0.29) is 13.2 Å². The Morgan fingerprint density at radius 1 is 1.09 bits per heavy atom. The minimum absolute atomic E-state index is 0.219. The fourth-order valence-electron chi connectivity index (χ4n) is 4.36. The number of halogens is 1. The number of aromatic nitrogens is 2. The number of ether oxygens (including phenoxy) is 1. The molecule has 1 aromatic heterocycles. The van der Waals surface area contributed by atoms with Gasteiger partial charge in [0.15, 0.2) is 5.82 Å². The highest BCUT2D eigenvalue weighted by molar-refractivity contribution is 6.30. The molecule has 1 atom stereocenters. The van der Waals surface area contributed by atoms with Crippen LogP contribution in [0.25, 0.3) is 11.4 Å². The second-order valence-corrected chi connectivity index (χ2v) is 9.20. The van der Waals surface area contributed by atoms with Gasteiger partial charge in [-0.15, -0.1) is 6.42 Å². The van der Waals surface area contributed by atoms with E-state index in [9.17, 15) is 5.11 Å². The molecule has 6 nitrogen and oxygen atoms in total. The third-order valence-electron chi connectivity index (χ3n) is 6.13. The summed E-state index contributed by atoms with van der Waals surface area (Å²) in [5.41, 5.74) is 4.21. The van der Waals surface area contributed by atoms with E-state index >= 15 is 0 Å². The van der Waals surface area contributed by atoms with Gasteiger partial charge in [-0.25, -0.2) is 9.97 Å². The molecule has 2 heterocycles. The molecule has 0 saturated carbocycles. The zero-order valence-corrected chi connectivity index (χ0v) is 20.8. The average molecular weight is 491 g/mol. The zero-order chi connectivity index (χ0) is 24.6. The first-order valence-electron chi connectivity index (χ1n) is 11.9. The molecule has 1 unspecified atom stereocenters. The molecule has 0 amide bonds. The molecule has 1 saturated heterocycles. The summed E-state index contributed by atoms with van der Waals surface area (Å²) in [5.74, 6) is 4.12. The molecule has 0 spiro atoms. The molecular weight excluding hydrogens is 460 g/mol. The van der Waals surface area contributed by atoms with Crippen molar-refractivity contribution in [3.8, 4) is 23.7 Å². The Labute approximate surface area is 212 Å². The summed E-state index contributed by atoms with van der Waals surface area (Å²) in [6.07, 6.45) is 5.36. The third-order valence-corrected chi connectivity index (χ3v) is 6.37. The topological polar surface area (TPSA) is 61.7 Å². The summed E-state index contributed by atoms with van der Waals surface area (Å²) in [5, 5.41) is 11.0. The molecule has 1 aliphatic heterocycles. The van der Waals surface area contributed by atoms with Gasteiger partial charge in [-0.2, -0.15) is 0 Å². The van der Waals surface area contributed by atoms with Crippen molar-refractivity contribution in [2.75, 3.05) is 50.8 Å². The number of hydrogen-bond donors (Lipinski definition) is 1. The number of piperazine rings is 1. The number of β-amino-alcohol motifs (C(OH)–C–C–N with tert-alkyl or cyclic N) is 1. The van der Waals surface area contributed by atoms with Crippen LogP contribution in [0.5, 0.6) is 0 Å². The molecule has 7 heteroatoms. The van der Waals surface area contributed by atoms with E-state index in [1.807, 2.05) is 48.5 Å². The molecule has 2 aromatic carbocycles. The first-order valence-corrected chi connectivity index (χ1v) is 12.2. The number of aryl methyl sites for hydroxylation is 1. The van der Waals surface area contributed by atoms with Crippen LogP contribution < -0.4 is 4.90 Å². The summed E-state index contributed by atoms with van der Waals surface area (Å²) < 4.78 is 5.28. The molecule has 3 aromatic rings. The lowest BCUT2D eigenvalue weighted by Gasteiger charge is -2.37. The van der Waals surface area contributed by atoms with E-state index < -0.39 is 6.10 Å². The maximum Gasteiger partial charge on any atom is 0.161 e. The molecule has 4 rings (SSSR count). The molecular formula is C28H31ClN4O2. The minimum atomic E-state index is -0.556. The fraction of sp³-hybridized carbons (Fsp3) is 0.357. The number of benzene rings is 2. The van der Waals surface area contributed by atoms with Gasteiger partial charge in [0.2, 0.25) is 0 Å².